The number of nitrogen functional groups attached to an aromatic ring is 1. The molecule has 0 spiro atoms. The highest BCUT2D eigenvalue weighted by Crippen LogP contribution is 2.27. The van der Waals surface area contributed by atoms with Crippen molar-refractivity contribution in [2.75, 3.05) is 5.73 Å². The summed E-state index contributed by atoms with van der Waals surface area (Å²) in [5, 5.41) is 2.14. The Bertz CT molecular complexity index is 804. The van der Waals surface area contributed by atoms with Crippen molar-refractivity contribution in [3.8, 4) is 0 Å². The van der Waals surface area contributed by atoms with E-state index in [1.54, 1.807) is 6.20 Å². The van der Waals surface area contributed by atoms with Gasteiger partial charge >= 0.3 is 0 Å². The second-order valence-electron chi connectivity index (χ2n) is 5.28. The fraction of sp³-hybridized carbons (Fsp3) is 0.176. The molecule has 2 N–H and O–H groups in total. The van der Waals surface area contributed by atoms with E-state index in [0.717, 1.165) is 27.4 Å². The SMILES string of the molecule is CC(C)C=Cc1ccc2c(c1)nc(N)c1ncccc12. The van der Waals surface area contributed by atoms with E-state index in [1.807, 2.05) is 12.1 Å². The van der Waals surface area contributed by atoms with E-state index in [9.17, 15) is 0 Å². The quantitative estimate of drug-likeness (QED) is 0.710. The van der Waals surface area contributed by atoms with Crippen molar-refractivity contribution < 1.29 is 0 Å². The Morgan fingerprint density at radius 1 is 1.15 bits per heavy atom. The number of hydrogen-bond donors (Lipinski definition) is 1. The van der Waals surface area contributed by atoms with Crippen LogP contribution in [0.15, 0.2) is 42.6 Å². The molecule has 0 saturated heterocycles. The zero-order valence-electron chi connectivity index (χ0n) is 11.7. The molecule has 3 aromatic rings. The molecule has 3 nitrogen and oxygen atoms in total. The average molecular weight is 263 g/mol. The first-order valence-corrected chi connectivity index (χ1v) is 6.77. The summed E-state index contributed by atoms with van der Waals surface area (Å²) in [4.78, 5) is 8.78. The van der Waals surface area contributed by atoms with Gasteiger partial charge < -0.3 is 5.73 Å². The summed E-state index contributed by atoms with van der Waals surface area (Å²) >= 11 is 0. The summed E-state index contributed by atoms with van der Waals surface area (Å²) in [5.74, 6) is 1.02. The largest absolute Gasteiger partial charge is 0.382 e. The molecule has 3 heteroatoms. The van der Waals surface area contributed by atoms with E-state index in [2.05, 4.69) is 54.2 Å². The van der Waals surface area contributed by atoms with Crippen LogP contribution in [0.3, 0.4) is 0 Å². The fourth-order valence-electron chi connectivity index (χ4n) is 2.29. The van der Waals surface area contributed by atoms with Gasteiger partial charge in [0.15, 0.2) is 5.82 Å². The molecule has 0 aliphatic heterocycles. The minimum absolute atomic E-state index is 0.484. The van der Waals surface area contributed by atoms with Crippen LogP contribution in [0.1, 0.15) is 19.4 Å². The number of rotatable bonds is 2. The smallest absolute Gasteiger partial charge is 0.150 e. The molecule has 3 rings (SSSR count). The number of allylic oxidation sites excluding steroid dienone is 1. The van der Waals surface area contributed by atoms with Crippen molar-refractivity contribution in [1.82, 2.24) is 9.97 Å². The number of benzene rings is 1. The molecule has 0 amide bonds. The summed E-state index contributed by atoms with van der Waals surface area (Å²) in [6, 6.07) is 10.2. The predicted molar refractivity (Wildman–Crippen MR) is 85.3 cm³/mol. The van der Waals surface area contributed by atoms with Gasteiger partial charge in [0.2, 0.25) is 0 Å². The van der Waals surface area contributed by atoms with Crippen LogP contribution in [-0.2, 0) is 0 Å². The van der Waals surface area contributed by atoms with Gasteiger partial charge in [-0.15, -0.1) is 0 Å². The fourth-order valence-corrected chi connectivity index (χ4v) is 2.29. The van der Waals surface area contributed by atoms with E-state index in [1.165, 1.54) is 0 Å². The molecule has 0 aliphatic rings. The Labute approximate surface area is 118 Å². The van der Waals surface area contributed by atoms with Crippen LogP contribution in [0.4, 0.5) is 5.82 Å². The van der Waals surface area contributed by atoms with Crippen LogP contribution in [0.2, 0.25) is 0 Å². The second kappa shape index (κ2) is 4.93. The lowest BCUT2D eigenvalue weighted by atomic mass is 10.1. The first kappa shape index (κ1) is 12.6. The van der Waals surface area contributed by atoms with Crippen molar-refractivity contribution in [1.29, 1.82) is 0 Å². The maximum absolute atomic E-state index is 6.00. The molecular weight excluding hydrogens is 246 g/mol. The number of nitrogens with two attached hydrogens (primary N) is 1. The molecule has 1 aromatic carbocycles. The summed E-state index contributed by atoms with van der Waals surface area (Å²) in [6.45, 7) is 4.32. The normalized spacial score (nSPS) is 11.9. The highest BCUT2D eigenvalue weighted by atomic mass is 14.9. The van der Waals surface area contributed by atoms with Gasteiger partial charge in [0.25, 0.3) is 0 Å². The molecule has 0 fully saturated rings. The first-order valence-electron chi connectivity index (χ1n) is 6.77. The third-order valence-electron chi connectivity index (χ3n) is 3.28. The topological polar surface area (TPSA) is 51.8 Å². The Hall–Kier alpha value is -2.42. The van der Waals surface area contributed by atoms with Crippen LogP contribution in [0.5, 0.6) is 0 Å². The van der Waals surface area contributed by atoms with E-state index >= 15 is 0 Å². The minimum atomic E-state index is 0.484. The number of anilines is 1. The highest BCUT2D eigenvalue weighted by molar-refractivity contribution is 6.08. The maximum atomic E-state index is 6.00. The first-order chi connectivity index (χ1) is 9.65. The van der Waals surface area contributed by atoms with E-state index in [4.69, 9.17) is 5.73 Å². The van der Waals surface area contributed by atoms with Crippen molar-refractivity contribution in [3.05, 3.63) is 48.2 Å². The number of pyridine rings is 2. The predicted octanol–water partition coefficient (Wildman–Crippen LogP) is 4.03. The maximum Gasteiger partial charge on any atom is 0.150 e. The van der Waals surface area contributed by atoms with Crippen LogP contribution < -0.4 is 5.73 Å². The summed E-state index contributed by atoms with van der Waals surface area (Å²) in [7, 11) is 0. The van der Waals surface area contributed by atoms with E-state index < -0.39 is 0 Å². The van der Waals surface area contributed by atoms with E-state index in [-0.39, 0.29) is 0 Å². The monoisotopic (exact) mass is 263 g/mol. The average Bonchev–Trinajstić information content (AvgIpc) is 2.45. The van der Waals surface area contributed by atoms with Gasteiger partial charge in [-0.1, -0.05) is 44.2 Å². The van der Waals surface area contributed by atoms with Crippen LogP contribution in [-0.4, -0.2) is 9.97 Å². The van der Waals surface area contributed by atoms with E-state index in [0.29, 0.717) is 11.7 Å². The van der Waals surface area contributed by atoms with Gasteiger partial charge in [0.05, 0.1) is 5.52 Å². The van der Waals surface area contributed by atoms with Crippen LogP contribution >= 0.6 is 0 Å². The summed E-state index contributed by atoms with van der Waals surface area (Å²) < 4.78 is 0. The minimum Gasteiger partial charge on any atom is -0.382 e. The van der Waals surface area contributed by atoms with Gasteiger partial charge in [-0.2, -0.15) is 0 Å². The Kier molecular flexibility index (Phi) is 3.11. The Morgan fingerprint density at radius 2 is 2.00 bits per heavy atom. The molecule has 0 atom stereocenters. The molecule has 0 radical (unpaired) electrons. The number of aromatic nitrogens is 2. The van der Waals surface area contributed by atoms with Gasteiger partial charge in [0, 0.05) is 17.0 Å². The third-order valence-corrected chi connectivity index (χ3v) is 3.28. The van der Waals surface area contributed by atoms with Gasteiger partial charge in [-0.05, 0) is 23.6 Å². The lowest BCUT2D eigenvalue weighted by Gasteiger charge is -2.06. The highest BCUT2D eigenvalue weighted by Gasteiger charge is 2.06. The number of fused-ring (bicyclic) bond motifs is 3. The molecule has 2 aromatic heterocycles. The molecule has 100 valence electrons. The zero-order chi connectivity index (χ0) is 14.1. The van der Waals surface area contributed by atoms with Crippen molar-refractivity contribution in [3.63, 3.8) is 0 Å². The number of nitrogens with zero attached hydrogens (tertiary/aromatic N) is 2. The van der Waals surface area contributed by atoms with Gasteiger partial charge in [0.1, 0.15) is 5.52 Å². The molecule has 2 heterocycles. The Morgan fingerprint density at radius 3 is 2.80 bits per heavy atom. The van der Waals surface area contributed by atoms with Gasteiger partial charge in [-0.3, -0.25) is 4.98 Å². The van der Waals surface area contributed by atoms with Gasteiger partial charge in [-0.25, -0.2) is 4.98 Å². The molecule has 0 bridgehead atoms. The molecule has 0 saturated carbocycles. The molecule has 0 aliphatic carbocycles. The van der Waals surface area contributed by atoms with Crippen molar-refractivity contribution in [2.45, 2.75) is 13.8 Å². The Balaban J connectivity index is 2.23. The van der Waals surface area contributed by atoms with Crippen molar-refractivity contribution in [2.24, 2.45) is 5.92 Å². The molecule has 0 unspecified atom stereocenters. The second-order valence-corrected chi connectivity index (χ2v) is 5.28. The van der Waals surface area contributed by atoms with Crippen LogP contribution in [0.25, 0.3) is 27.9 Å². The summed E-state index contributed by atoms with van der Waals surface area (Å²) in [6.07, 6.45) is 6.04. The number of hydrogen-bond acceptors (Lipinski definition) is 3. The van der Waals surface area contributed by atoms with Crippen LogP contribution in [0, 0.1) is 5.92 Å². The standard InChI is InChI=1S/C17H17N3/c1-11(2)5-6-12-7-8-13-14-4-3-9-19-16(14)17(18)20-15(13)10-12/h3-11H,1-2H3,(H2,18,20). The molecule has 20 heavy (non-hydrogen) atoms. The molecular formula is C17H17N3. The zero-order valence-corrected chi connectivity index (χ0v) is 11.7. The summed E-state index contributed by atoms with van der Waals surface area (Å²) in [5.41, 5.74) is 8.82. The lowest BCUT2D eigenvalue weighted by Crippen LogP contribution is -1.95. The third kappa shape index (κ3) is 2.23. The van der Waals surface area contributed by atoms with Crippen molar-refractivity contribution >= 4 is 33.7 Å². The lowest BCUT2D eigenvalue weighted by molar-refractivity contribution is 0.836.